The molecule has 0 amide bonds. The van der Waals surface area contributed by atoms with Crippen LogP contribution in [0.3, 0.4) is 0 Å². The van der Waals surface area contributed by atoms with E-state index in [4.69, 9.17) is 15.2 Å². The Kier molecular flexibility index (Phi) is 2.06. The monoisotopic (exact) mass is 205 g/mol. The smallest absolute Gasteiger partial charge is 0.195 e. The lowest BCUT2D eigenvalue weighted by molar-refractivity contribution is -0.177. The van der Waals surface area contributed by atoms with Gasteiger partial charge in [-0.05, 0) is 12.0 Å². The van der Waals surface area contributed by atoms with Crippen LogP contribution in [0, 0.1) is 0 Å². The normalized spacial score (nSPS) is 27.9. The number of hydrogen-bond acceptors (Lipinski definition) is 3. The van der Waals surface area contributed by atoms with E-state index in [1.807, 2.05) is 12.1 Å². The molecule has 3 heteroatoms. The maximum absolute atomic E-state index is 6.09. The van der Waals surface area contributed by atoms with Crippen molar-refractivity contribution in [2.75, 3.05) is 13.2 Å². The van der Waals surface area contributed by atoms with Crippen molar-refractivity contribution in [3.63, 3.8) is 0 Å². The molecule has 1 aliphatic carbocycles. The third-order valence-corrected chi connectivity index (χ3v) is 3.31. The maximum atomic E-state index is 6.09. The van der Waals surface area contributed by atoms with E-state index in [-0.39, 0.29) is 6.04 Å². The van der Waals surface area contributed by atoms with Gasteiger partial charge in [0.2, 0.25) is 0 Å². The number of benzene rings is 1. The standard InChI is InChI=1S/C12H15NO2/c13-11-5-6-12(14-7-8-15-12)10-4-2-1-3-9(10)11/h1-4,11H,5-8,13H2. The van der Waals surface area contributed by atoms with Crippen molar-refractivity contribution in [3.05, 3.63) is 35.4 Å². The van der Waals surface area contributed by atoms with Crippen LogP contribution in [-0.4, -0.2) is 13.2 Å². The average Bonchev–Trinajstić information content (AvgIpc) is 2.74. The second kappa shape index (κ2) is 3.30. The average molecular weight is 205 g/mol. The van der Waals surface area contributed by atoms with Crippen LogP contribution >= 0.6 is 0 Å². The van der Waals surface area contributed by atoms with Crippen LogP contribution in [0.1, 0.15) is 30.0 Å². The van der Waals surface area contributed by atoms with Gasteiger partial charge in [-0.15, -0.1) is 0 Å². The molecule has 0 aromatic heterocycles. The molecule has 2 N–H and O–H groups in total. The molecule has 0 bridgehead atoms. The highest BCUT2D eigenvalue weighted by atomic mass is 16.7. The van der Waals surface area contributed by atoms with E-state index < -0.39 is 5.79 Å². The summed E-state index contributed by atoms with van der Waals surface area (Å²) in [5.74, 6) is -0.494. The van der Waals surface area contributed by atoms with Gasteiger partial charge in [0.05, 0.1) is 13.2 Å². The van der Waals surface area contributed by atoms with Crippen LogP contribution < -0.4 is 5.73 Å². The number of nitrogens with two attached hydrogens (primary N) is 1. The highest BCUT2D eigenvalue weighted by Crippen LogP contribution is 2.44. The predicted octanol–water partition coefficient (Wildman–Crippen LogP) is 1.68. The minimum Gasteiger partial charge on any atom is -0.343 e. The molecule has 3 rings (SSSR count). The zero-order chi connectivity index (χ0) is 10.3. The molecule has 1 saturated heterocycles. The molecule has 1 unspecified atom stereocenters. The largest absolute Gasteiger partial charge is 0.343 e. The van der Waals surface area contributed by atoms with Gasteiger partial charge in [0, 0.05) is 18.0 Å². The van der Waals surface area contributed by atoms with Crippen molar-refractivity contribution in [3.8, 4) is 0 Å². The van der Waals surface area contributed by atoms with Crippen molar-refractivity contribution < 1.29 is 9.47 Å². The molecular weight excluding hydrogens is 190 g/mol. The lowest BCUT2D eigenvalue weighted by Crippen LogP contribution is -2.35. The molecule has 2 aliphatic rings. The summed E-state index contributed by atoms with van der Waals surface area (Å²) in [7, 11) is 0. The molecule has 1 aliphatic heterocycles. The fraction of sp³-hybridized carbons (Fsp3) is 0.500. The Bertz CT molecular complexity index is 372. The summed E-state index contributed by atoms with van der Waals surface area (Å²) in [6.45, 7) is 1.37. The van der Waals surface area contributed by atoms with Crippen LogP contribution in [0.15, 0.2) is 24.3 Å². The molecule has 1 fully saturated rings. The topological polar surface area (TPSA) is 44.5 Å². The van der Waals surface area contributed by atoms with Crippen molar-refractivity contribution in [1.29, 1.82) is 0 Å². The van der Waals surface area contributed by atoms with E-state index in [0.717, 1.165) is 18.4 Å². The Morgan fingerprint density at radius 1 is 1.20 bits per heavy atom. The highest BCUT2D eigenvalue weighted by molar-refractivity contribution is 5.36. The molecular formula is C12H15NO2. The van der Waals surface area contributed by atoms with Crippen molar-refractivity contribution in [2.24, 2.45) is 5.73 Å². The van der Waals surface area contributed by atoms with Gasteiger partial charge in [0.1, 0.15) is 0 Å². The number of hydrogen-bond donors (Lipinski definition) is 1. The minimum absolute atomic E-state index is 0.125. The van der Waals surface area contributed by atoms with Gasteiger partial charge in [-0.2, -0.15) is 0 Å². The molecule has 1 aromatic carbocycles. The van der Waals surface area contributed by atoms with Gasteiger partial charge in [-0.25, -0.2) is 0 Å². The quantitative estimate of drug-likeness (QED) is 0.700. The lowest BCUT2D eigenvalue weighted by atomic mass is 9.83. The summed E-state index contributed by atoms with van der Waals surface area (Å²) >= 11 is 0. The zero-order valence-corrected chi connectivity index (χ0v) is 8.61. The Hall–Kier alpha value is -0.900. The Balaban J connectivity index is 2.11. The fourth-order valence-electron chi connectivity index (χ4n) is 2.56. The van der Waals surface area contributed by atoms with Gasteiger partial charge < -0.3 is 15.2 Å². The Morgan fingerprint density at radius 2 is 1.93 bits per heavy atom. The van der Waals surface area contributed by atoms with E-state index in [2.05, 4.69) is 12.1 Å². The predicted molar refractivity (Wildman–Crippen MR) is 56.2 cm³/mol. The zero-order valence-electron chi connectivity index (χ0n) is 8.61. The first kappa shape index (κ1) is 9.33. The number of ether oxygens (including phenoxy) is 2. The number of fused-ring (bicyclic) bond motifs is 2. The first-order chi connectivity index (χ1) is 7.32. The third kappa shape index (κ3) is 1.31. The third-order valence-electron chi connectivity index (χ3n) is 3.31. The molecule has 3 nitrogen and oxygen atoms in total. The second-order valence-electron chi connectivity index (χ2n) is 4.18. The summed E-state index contributed by atoms with van der Waals surface area (Å²) in [6.07, 6.45) is 1.79. The van der Waals surface area contributed by atoms with E-state index in [1.54, 1.807) is 0 Å². The van der Waals surface area contributed by atoms with Crippen LogP contribution in [0.5, 0.6) is 0 Å². The molecule has 1 aromatic rings. The SMILES string of the molecule is NC1CCC2(OCCO2)c2ccccc21. The van der Waals surface area contributed by atoms with E-state index in [0.29, 0.717) is 13.2 Å². The lowest BCUT2D eigenvalue weighted by Gasteiger charge is -2.36. The van der Waals surface area contributed by atoms with Crippen LogP contribution in [0.2, 0.25) is 0 Å². The first-order valence-electron chi connectivity index (χ1n) is 5.45. The van der Waals surface area contributed by atoms with Gasteiger partial charge in [0.15, 0.2) is 5.79 Å². The van der Waals surface area contributed by atoms with Crippen LogP contribution in [0.4, 0.5) is 0 Å². The summed E-state index contributed by atoms with van der Waals surface area (Å²) in [4.78, 5) is 0. The molecule has 0 saturated carbocycles. The van der Waals surface area contributed by atoms with Gasteiger partial charge >= 0.3 is 0 Å². The molecule has 80 valence electrons. The molecule has 1 spiro atoms. The molecule has 0 radical (unpaired) electrons. The van der Waals surface area contributed by atoms with E-state index >= 15 is 0 Å². The Labute approximate surface area is 89.2 Å². The van der Waals surface area contributed by atoms with Crippen molar-refractivity contribution in [1.82, 2.24) is 0 Å². The van der Waals surface area contributed by atoms with Gasteiger partial charge in [-0.1, -0.05) is 24.3 Å². The van der Waals surface area contributed by atoms with E-state index in [1.165, 1.54) is 5.56 Å². The maximum Gasteiger partial charge on any atom is 0.195 e. The molecule has 1 atom stereocenters. The van der Waals surface area contributed by atoms with E-state index in [9.17, 15) is 0 Å². The summed E-state index contributed by atoms with van der Waals surface area (Å²) in [6, 6.07) is 8.31. The van der Waals surface area contributed by atoms with Gasteiger partial charge in [0.25, 0.3) is 0 Å². The summed E-state index contributed by atoms with van der Waals surface area (Å²) in [5.41, 5.74) is 8.38. The fourth-order valence-corrected chi connectivity index (χ4v) is 2.56. The van der Waals surface area contributed by atoms with Gasteiger partial charge in [-0.3, -0.25) is 0 Å². The van der Waals surface area contributed by atoms with Crippen LogP contribution in [-0.2, 0) is 15.3 Å². The summed E-state index contributed by atoms with van der Waals surface area (Å²) in [5, 5.41) is 0. The molecule has 15 heavy (non-hydrogen) atoms. The minimum atomic E-state index is -0.494. The number of rotatable bonds is 0. The second-order valence-corrected chi connectivity index (χ2v) is 4.18. The van der Waals surface area contributed by atoms with Crippen molar-refractivity contribution >= 4 is 0 Å². The highest BCUT2D eigenvalue weighted by Gasteiger charge is 2.43. The first-order valence-corrected chi connectivity index (χ1v) is 5.45. The molecule has 1 heterocycles. The summed E-state index contributed by atoms with van der Waals surface area (Å²) < 4.78 is 11.6. The van der Waals surface area contributed by atoms with Crippen LogP contribution in [0.25, 0.3) is 0 Å². The Morgan fingerprint density at radius 3 is 2.73 bits per heavy atom. The van der Waals surface area contributed by atoms with Crippen molar-refractivity contribution in [2.45, 2.75) is 24.7 Å².